The Morgan fingerprint density at radius 1 is 1.24 bits per heavy atom. The fraction of sp³-hybridized carbons (Fsp3) is 0.538. The number of halogens is 3. The minimum absolute atomic E-state index is 0.0613. The molecular weight excluding hydrogens is 307 g/mol. The van der Waals surface area contributed by atoms with Crippen molar-refractivity contribution in [3.63, 3.8) is 0 Å². The predicted molar refractivity (Wildman–Crippen MR) is 75.9 cm³/mol. The van der Waals surface area contributed by atoms with Crippen LogP contribution in [0, 0.1) is 0 Å². The smallest absolute Gasteiger partial charge is 0.441 e. The zero-order valence-corrected chi connectivity index (χ0v) is 12.3. The van der Waals surface area contributed by atoms with E-state index in [0.29, 0.717) is 11.5 Å². The molecule has 1 atom stereocenters. The Hall–Kier alpha value is -1.12. The number of hydrogen-bond donors (Lipinski definition) is 2. The van der Waals surface area contributed by atoms with Gasteiger partial charge in [0.25, 0.3) is 0 Å². The van der Waals surface area contributed by atoms with Gasteiger partial charge in [-0.25, -0.2) is 0 Å². The van der Waals surface area contributed by atoms with Gasteiger partial charge in [0.2, 0.25) is 0 Å². The standard InChI is InChI=1S/C13H18F3NO3S/c1-19-11-2-4-12(5-3-11)20-9-10(18)8-17-6-7-21-13(14,15)16/h2-5,10,17-18H,6-9H2,1H3. The first-order chi connectivity index (χ1) is 9.90. The Balaban J connectivity index is 2.11. The highest BCUT2D eigenvalue weighted by atomic mass is 32.2. The molecule has 0 spiro atoms. The third-order valence-electron chi connectivity index (χ3n) is 2.43. The maximum atomic E-state index is 11.9. The molecule has 120 valence electrons. The second-order valence-corrected chi connectivity index (χ2v) is 5.30. The molecule has 0 bridgehead atoms. The van der Waals surface area contributed by atoms with Crippen LogP contribution in [-0.4, -0.2) is 49.3 Å². The molecule has 0 aromatic heterocycles. The van der Waals surface area contributed by atoms with Crippen molar-refractivity contribution in [3.05, 3.63) is 24.3 Å². The van der Waals surface area contributed by atoms with Crippen molar-refractivity contribution in [3.8, 4) is 11.5 Å². The Kier molecular flexibility index (Phi) is 7.69. The van der Waals surface area contributed by atoms with Crippen LogP contribution in [0.15, 0.2) is 24.3 Å². The van der Waals surface area contributed by atoms with Gasteiger partial charge in [0, 0.05) is 18.8 Å². The molecule has 21 heavy (non-hydrogen) atoms. The lowest BCUT2D eigenvalue weighted by Crippen LogP contribution is -2.32. The molecule has 4 nitrogen and oxygen atoms in total. The number of benzene rings is 1. The van der Waals surface area contributed by atoms with E-state index in [-0.39, 0.29) is 37.2 Å². The predicted octanol–water partition coefficient (Wildman–Crippen LogP) is 2.28. The lowest BCUT2D eigenvalue weighted by Gasteiger charge is -2.13. The monoisotopic (exact) mass is 325 g/mol. The zero-order chi connectivity index (χ0) is 15.7. The van der Waals surface area contributed by atoms with Crippen molar-refractivity contribution in [2.45, 2.75) is 11.6 Å². The molecule has 0 amide bonds. The minimum atomic E-state index is -4.21. The van der Waals surface area contributed by atoms with Gasteiger partial charge in [0.05, 0.1) is 7.11 Å². The van der Waals surface area contributed by atoms with Crippen LogP contribution in [0.4, 0.5) is 13.2 Å². The lowest BCUT2D eigenvalue weighted by atomic mass is 10.3. The van der Waals surface area contributed by atoms with Crippen LogP contribution >= 0.6 is 11.8 Å². The van der Waals surface area contributed by atoms with E-state index in [1.165, 1.54) is 0 Å². The van der Waals surface area contributed by atoms with Crippen LogP contribution in [0.5, 0.6) is 11.5 Å². The maximum Gasteiger partial charge on any atom is 0.441 e. The van der Waals surface area contributed by atoms with E-state index in [1.54, 1.807) is 31.4 Å². The molecule has 0 aliphatic carbocycles. The normalized spacial score (nSPS) is 13.0. The van der Waals surface area contributed by atoms with Crippen molar-refractivity contribution in [1.29, 1.82) is 0 Å². The SMILES string of the molecule is COc1ccc(OCC(O)CNCCSC(F)(F)F)cc1. The van der Waals surface area contributed by atoms with Crippen molar-refractivity contribution < 1.29 is 27.8 Å². The molecule has 0 saturated carbocycles. The summed E-state index contributed by atoms with van der Waals surface area (Å²) in [4.78, 5) is 0. The second kappa shape index (κ2) is 9.01. The highest BCUT2D eigenvalue weighted by Gasteiger charge is 2.27. The van der Waals surface area contributed by atoms with E-state index >= 15 is 0 Å². The van der Waals surface area contributed by atoms with Gasteiger partial charge < -0.3 is 19.9 Å². The zero-order valence-electron chi connectivity index (χ0n) is 11.5. The Morgan fingerprint density at radius 3 is 2.43 bits per heavy atom. The van der Waals surface area contributed by atoms with Gasteiger partial charge in [-0.3, -0.25) is 0 Å². The molecule has 0 aliphatic rings. The van der Waals surface area contributed by atoms with Crippen molar-refractivity contribution in [1.82, 2.24) is 5.32 Å². The van der Waals surface area contributed by atoms with Crippen LogP contribution in [0.25, 0.3) is 0 Å². The molecule has 1 rings (SSSR count). The molecule has 1 unspecified atom stereocenters. The lowest BCUT2D eigenvalue weighted by molar-refractivity contribution is -0.0327. The summed E-state index contributed by atoms with van der Waals surface area (Å²) in [6, 6.07) is 6.88. The number of aliphatic hydroxyl groups excluding tert-OH is 1. The van der Waals surface area contributed by atoms with Crippen molar-refractivity contribution in [2.75, 3.05) is 32.6 Å². The molecule has 1 aromatic carbocycles. The summed E-state index contributed by atoms with van der Waals surface area (Å²) in [5.41, 5.74) is -4.21. The third kappa shape index (κ3) is 8.69. The number of alkyl halides is 3. The van der Waals surface area contributed by atoms with Crippen LogP contribution in [0.2, 0.25) is 0 Å². The maximum absolute atomic E-state index is 11.9. The summed E-state index contributed by atoms with van der Waals surface area (Å²) in [6.07, 6.45) is -0.789. The first kappa shape index (κ1) is 17.9. The molecule has 1 aromatic rings. The molecular formula is C13H18F3NO3S. The van der Waals surface area contributed by atoms with Gasteiger partial charge in [0.1, 0.15) is 24.2 Å². The fourth-order valence-corrected chi connectivity index (χ4v) is 1.91. The Labute approximate surface area is 125 Å². The molecule has 2 N–H and O–H groups in total. The van der Waals surface area contributed by atoms with Gasteiger partial charge >= 0.3 is 5.51 Å². The van der Waals surface area contributed by atoms with Crippen LogP contribution in [0.1, 0.15) is 0 Å². The Bertz CT molecular complexity index is 401. The highest BCUT2D eigenvalue weighted by Crippen LogP contribution is 2.29. The largest absolute Gasteiger partial charge is 0.497 e. The first-order valence-corrected chi connectivity index (χ1v) is 7.25. The molecule has 8 heteroatoms. The van der Waals surface area contributed by atoms with E-state index in [4.69, 9.17) is 9.47 Å². The van der Waals surface area contributed by atoms with Crippen LogP contribution in [0.3, 0.4) is 0 Å². The first-order valence-electron chi connectivity index (χ1n) is 6.27. The topological polar surface area (TPSA) is 50.7 Å². The average Bonchev–Trinajstić information content (AvgIpc) is 2.44. The number of methoxy groups -OCH3 is 1. The fourth-order valence-electron chi connectivity index (χ4n) is 1.43. The molecule has 0 radical (unpaired) electrons. The van der Waals surface area contributed by atoms with E-state index in [9.17, 15) is 18.3 Å². The van der Waals surface area contributed by atoms with Crippen molar-refractivity contribution in [2.24, 2.45) is 0 Å². The number of thioether (sulfide) groups is 1. The van der Waals surface area contributed by atoms with E-state index in [0.717, 1.165) is 0 Å². The summed E-state index contributed by atoms with van der Waals surface area (Å²) in [7, 11) is 1.56. The van der Waals surface area contributed by atoms with Gasteiger partial charge in [-0.1, -0.05) is 0 Å². The third-order valence-corrected chi connectivity index (χ3v) is 3.16. The number of nitrogens with one attached hydrogen (secondary N) is 1. The summed E-state index contributed by atoms with van der Waals surface area (Å²) < 4.78 is 45.9. The number of rotatable bonds is 9. The highest BCUT2D eigenvalue weighted by molar-refractivity contribution is 8.00. The number of ether oxygens (including phenoxy) is 2. The second-order valence-electron chi connectivity index (χ2n) is 4.14. The van der Waals surface area contributed by atoms with Crippen LogP contribution < -0.4 is 14.8 Å². The number of aliphatic hydroxyl groups is 1. The van der Waals surface area contributed by atoms with Gasteiger partial charge in [0.15, 0.2) is 0 Å². The van der Waals surface area contributed by atoms with Gasteiger partial charge in [-0.05, 0) is 36.0 Å². The molecule has 0 saturated heterocycles. The van der Waals surface area contributed by atoms with E-state index in [1.807, 2.05) is 0 Å². The van der Waals surface area contributed by atoms with Crippen molar-refractivity contribution >= 4 is 11.8 Å². The van der Waals surface area contributed by atoms with E-state index < -0.39 is 11.6 Å². The minimum Gasteiger partial charge on any atom is -0.497 e. The molecule has 0 fully saturated rings. The average molecular weight is 325 g/mol. The molecule has 0 aliphatic heterocycles. The summed E-state index contributed by atoms with van der Waals surface area (Å²) in [6.45, 7) is 0.407. The quantitative estimate of drug-likeness (QED) is 0.682. The van der Waals surface area contributed by atoms with Gasteiger partial charge in [-0.2, -0.15) is 13.2 Å². The summed E-state index contributed by atoms with van der Waals surface area (Å²) in [5.74, 6) is 1.20. The Morgan fingerprint density at radius 2 is 1.86 bits per heavy atom. The van der Waals surface area contributed by atoms with Gasteiger partial charge in [-0.15, -0.1) is 0 Å². The summed E-state index contributed by atoms with van der Waals surface area (Å²) in [5, 5.41) is 12.4. The number of hydrogen-bond acceptors (Lipinski definition) is 5. The molecule has 0 heterocycles. The van der Waals surface area contributed by atoms with Crippen LogP contribution in [-0.2, 0) is 0 Å². The summed E-state index contributed by atoms with van der Waals surface area (Å²) >= 11 is -0.0883. The van der Waals surface area contributed by atoms with E-state index in [2.05, 4.69) is 5.32 Å².